The quantitative estimate of drug-likeness (QED) is 0.186. The van der Waals surface area contributed by atoms with Gasteiger partial charge in [-0.2, -0.15) is 0 Å². The summed E-state index contributed by atoms with van der Waals surface area (Å²) in [5.74, 6) is 1.60. The lowest BCUT2D eigenvalue weighted by Crippen LogP contribution is -2.41. The second-order valence-corrected chi connectivity index (χ2v) is 6.60. The summed E-state index contributed by atoms with van der Waals surface area (Å²) in [6.45, 7) is 8.85. The van der Waals surface area contributed by atoms with Crippen LogP contribution in [0.4, 0.5) is 0 Å². The minimum Gasteiger partial charge on any atom is -0.493 e. The molecule has 0 aromatic heterocycles. The fourth-order valence-corrected chi connectivity index (χ4v) is 2.30. The van der Waals surface area contributed by atoms with E-state index >= 15 is 0 Å². The first-order valence-electron chi connectivity index (χ1n) is 9.41. The molecule has 0 saturated heterocycles. The Bertz CT molecular complexity index is 609. The number of aliphatic imine (C=N–C) groups is 1. The van der Waals surface area contributed by atoms with Gasteiger partial charge in [-0.1, -0.05) is 26.0 Å². The van der Waals surface area contributed by atoms with Gasteiger partial charge in [-0.05, 0) is 18.6 Å². The van der Waals surface area contributed by atoms with Gasteiger partial charge in [0.2, 0.25) is 5.91 Å². The number of carbonyl (C=O) groups excluding carboxylic acids is 1. The Labute approximate surface area is 186 Å². The molecule has 0 heterocycles. The van der Waals surface area contributed by atoms with Crippen molar-refractivity contribution in [3.8, 4) is 5.75 Å². The number of benzene rings is 1. The van der Waals surface area contributed by atoms with Crippen molar-refractivity contribution in [1.29, 1.82) is 0 Å². The van der Waals surface area contributed by atoms with E-state index in [4.69, 9.17) is 9.47 Å². The average Bonchev–Trinajstić information content (AvgIpc) is 2.65. The van der Waals surface area contributed by atoms with Crippen molar-refractivity contribution in [2.45, 2.75) is 33.7 Å². The van der Waals surface area contributed by atoms with Crippen molar-refractivity contribution in [3.63, 3.8) is 0 Å². The Morgan fingerprint density at radius 1 is 1.14 bits per heavy atom. The first-order chi connectivity index (χ1) is 13.0. The van der Waals surface area contributed by atoms with Gasteiger partial charge in [0.25, 0.3) is 0 Å². The van der Waals surface area contributed by atoms with Crippen LogP contribution in [-0.4, -0.2) is 52.3 Å². The van der Waals surface area contributed by atoms with Crippen molar-refractivity contribution in [3.05, 3.63) is 29.3 Å². The highest BCUT2D eigenvalue weighted by atomic mass is 127. The third-order valence-electron chi connectivity index (χ3n) is 3.88. The van der Waals surface area contributed by atoms with Crippen LogP contribution in [0.2, 0.25) is 0 Å². The average molecular weight is 506 g/mol. The number of rotatable bonds is 11. The molecule has 0 aliphatic carbocycles. The number of nitrogens with one attached hydrogen (secondary N) is 3. The number of methoxy groups -OCH3 is 1. The molecule has 0 radical (unpaired) electrons. The molecular formula is C20H35IN4O3. The van der Waals surface area contributed by atoms with E-state index in [1.54, 1.807) is 14.2 Å². The van der Waals surface area contributed by atoms with Gasteiger partial charge in [-0.15, -0.1) is 24.0 Å². The molecule has 0 aliphatic heterocycles. The predicted octanol–water partition coefficient (Wildman–Crippen LogP) is 2.47. The molecule has 0 aliphatic rings. The maximum atomic E-state index is 11.6. The van der Waals surface area contributed by atoms with Gasteiger partial charge in [-0.3, -0.25) is 9.79 Å². The number of ether oxygens (including phenoxy) is 2. The van der Waals surface area contributed by atoms with Crippen LogP contribution < -0.4 is 20.7 Å². The van der Waals surface area contributed by atoms with Gasteiger partial charge in [0.05, 0.1) is 6.61 Å². The Balaban J connectivity index is 0.00000729. The molecule has 1 aromatic rings. The van der Waals surface area contributed by atoms with Crippen molar-refractivity contribution in [2.24, 2.45) is 10.9 Å². The molecule has 0 atom stereocenters. The van der Waals surface area contributed by atoms with Crippen molar-refractivity contribution >= 4 is 35.8 Å². The van der Waals surface area contributed by atoms with Gasteiger partial charge in [0.1, 0.15) is 5.75 Å². The van der Waals surface area contributed by atoms with Gasteiger partial charge in [0.15, 0.2) is 5.96 Å². The number of aryl methyl sites for hydroxylation is 1. The Hall–Kier alpha value is -1.55. The molecule has 1 aromatic carbocycles. The number of halogens is 1. The van der Waals surface area contributed by atoms with Crippen LogP contribution in [0.5, 0.6) is 5.75 Å². The van der Waals surface area contributed by atoms with Crippen LogP contribution in [0.3, 0.4) is 0 Å². The zero-order chi connectivity index (χ0) is 20.1. The highest BCUT2D eigenvalue weighted by molar-refractivity contribution is 14.0. The lowest BCUT2D eigenvalue weighted by atomic mass is 10.1. The molecular weight excluding hydrogens is 471 g/mol. The second-order valence-electron chi connectivity index (χ2n) is 6.60. The molecule has 1 rings (SSSR count). The zero-order valence-electron chi connectivity index (χ0n) is 17.6. The lowest BCUT2D eigenvalue weighted by molar-refractivity contribution is -0.123. The molecule has 0 bridgehead atoms. The van der Waals surface area contributed by atoms with Crippen LogP contribution in [0, 0.1) is 12.8 Å². The minimum absolute atomic E-state index is 0. The molecule has 0 saturated carbocycles. The van der Waals surface area contributed by atoms with E-state index in [-0.39, 0.29) is 35.8 Å². The number of hydrogen-bond acceptors (Lipinski definition) is 4. The van der Waals surface area contributed by atoms with Crippen molar-refractivity contribution in [1.82, 2.24) is 16.0 Å². The van der Waals surface area contributed by atoms with E-state index < -0.39 is 0 Å². The van der Waals surface area contributed by atoms with E-state index in [0.717, 1.165) is 23.3 Å². The third-order valence-corrected chi connectivity index (χ3v) is 3.88. The van der Waals surface area contributed by atoms with Crippen LogP contribution in [0.1, 0.15) is 31.4 Å². The number of nitrogens with zero attached hydrogens (tertiary/aromatic N) is 1. The number of guanidine groups is 1. The maximum Gasteiger partial charge on any atom is 0.222 e. The fraction of sp³-hybridized carbons (Fsp3) is 0.600. The second kappa shape index (κ2) is 15.4. The summed E-state index contributed by atoms with van der Waals surface area (Å²) >= 11 is 0. The van der Waals surface area contributed by atoms with Gasteiger partial charge < -0.3 is 25.4 Å². The Morgan fingerprint density at radius 3 is 2.50 bits per heavy atom. The lowest BCUT2D eigenvalue weighted by Gasteiger charge is -2.16. The number of carbonyl (C=O) groups is 1. The van der Waals surface area contributed by atoms with E-state index in [2.05, 4.69) is 33.1 Å². The van der Waals surface area contributed by atoms with Gasteiger partial charge in [-0.25, -0.2) is 0 Å². The van der Waals surface area contributed by atoms with Crippen LogP contribution >= 0.6 is 24.0 Å². The molecule has 1 amide bonds. The van der Waals surface area contributed by atoms with Gasteiger partial charge >= 0.3 is 0 Å². The molecule has 0 unspecified atom stereocenters. The van der Waals surface area contributed by atoms with E-state index in [0.29, 0.717) is 38.8 Å². The smallest absolute Gasteiger partial charge is 0.222 e. The van der Waals surface area contributed by atoms with Gasteiger partial charge in [0, 0.05) is 58.3 Å². The molecule has 3 N–H and O–H groups in total. The molecule has 160 valence electrons. The van der Waals surface area contributed by atoms with E-state index in [1.165, 1.54) is 0 Å². The summed E-state index contributed by atoms with van der Waals surface area (Å²) in [6.07, 6.45) is 0.850. The van der Waals surface area contributed by atoms with E-state index in [1.807, 2.05) is 26.8 Å². The minimum atomic E-state index is -0.00807. The van der Waals surface area contributed by atoms with Crippen molar-refractivity contribution < 1.29 is 14.3 Å². The molecule has 28 heavy (non-hydrogen) atoms. The monoisotopic (exact) mass is 506 g/mol. The van der Waals surface area contributed by atoms with Crippen molar-refractivity contribution in [2.75, 3.05) is 40.5 Å². The van der Waals surface area contributed by atoms with Crippen LogP contribution in [-0.2, 0) is 16.1 Å². The summed E-state index contributed by atoms with van der Waals surface area (Å²) < 4.78 is 11.0. The Kier molecular flexibility index (Phi) is 14.5. The summed E-state index contributed by atoms with van der Waals surface area (Å²) in [4.78, 5) is 15.8. The molecule has 0 fully saturated rings. The summed E-state index contributed by atoms with van der Waals surface area (Å²) in [5, 5.41) is 9.34. The first-order valence-corrected chi connectivity index (χ1v) is 9.41. The first kappa shape index (κ1) is 26.4. The third kappa shape index (κ3) is 10.7. The van der Waals surface area contributed by atoms with E-state index in [9.17, 15) is 4.79 Å². The maximum absolute atomic E-state index is 11.6. The topological polar surface area (TPSA) is 84.0 Å². The molecule has 8 heteroatoms. The fourth-order valence-electron chi connectivity index (χ4n) is 2.30. The summed E-state index contributed by atoms with van der Waals surface area (Å²) in [7, 11) is 3.41. The summed E-state index contributed by atoms with van der Waals surface area (Å²) in [5.41, 5.74) is 2.22. The largest absolute Gasteiger partial charge is 0.493 e. The summed E-state index contributed by atoms with van der Waals surface area (Å²) in [6, 6.07) is 6.17. The standard InChI is InChI=1S/C20H34N4O3.HI/c1-15(2)19(25)22-9-10-23-20(21-4)24-14-17-8-7-16(3)13-18(17)27-12-6-11-26-5;/h7-8,13,15H,6,9-12,14H2,1-5H3,(H,22,25)(H2,21,23,24);1H. The van der Waals surface area contributed by atoms with Crippen LogP contribution in [0.15, 0.2) is 23.2 Å². The SMILES string of the molecule is CN=C(NCCNC(=O)C(C)C)NCc1ccc(C)cc1OCCCOC.I. The zero-order valence-corrected chi connectivity index (χ0v) is 20.0. The normalized spacial score (nSPS) is 11.0. The molecule has 7 nitrogen and oxygen atoms in total. The predicted molar refractivity (Wildman–Crippen MR) is 125 cm³/mol. The molecule has 0 spiro atoms. The highest BCUT2D eigenvalue weighted by Gasteiger charge is 2.07. The van der Waals surface area contributed by atoms with Crippen LogP contribution in [0.25, 0.3) is 0 Å². The number of amides is 1. The number of hydrogen-bond donors (Lipinski definition) is 3. The highest BCUT2D eigenvalue weighted by Crippen LogP contribution is 2.20. The Morgan fingerprint density at radius 2 is 1.86 bits per heavy atom.